The Labute approximate surface area is 145 Å². The van der Waals surface area contributed by atoms with E-state index in [-0.39, 0.29) is 29.0 Å². The fraction of sp³-hybridized carbons (Fsp3) is 0.368. The van der Waals surface area contributed by atoms with Crippen molar-refractivity contribution >= 4 is 5.91 Å². The molecule has 1 saturated heterocycles. The molecule has 0 bridgehead atoms. The normalized spacial score (nSPS) is 17.6. The molecule has 1 aromatic heterocycles. The van der Waals surface area contributed by atoms with Crippen molar-refractivity contribution in [3.8, 4) is 0 Å². The quantitative estimate of drug-likeness (QED) is 0.840. The number of amides is 1. The van der Waals surface area contributed by atoms with Gasteiger partial charge in [-0.25, -0.2) is 4.39 Å². The lowest BCUT2D eigenvalue weighted by Gasteiger charge is -2.33. The number of pyridine rings is 1. The first-order chi connectivity index (χ1) is 11.9. The predicted octanol–water partition coefficient (Wildman–Crippen LogP) is 2.35. The summed E-state index contributed by atoms with van der Waals surface area (Å²) in [4.78, 5) is 27.1. The fourth-order valence-electron chi connectivity index (χ4n) is 3.11. The molecule has 0 aliphatic carbocycles. The molecule has 0 saturated carbocycles. The lowest BCUT2D eigenvalue weighted by atomic mass is 10.1. The van der Waals surface area contributed by atoms with Crippen LogP contribution >= 0.6 is 0 Å². The van der Waals surface area contributed by atoms with Crippen LogP contribution in [-0.4, -0.2) is 35.1 Å². The number of aromatic nitrogens is 1. The Bertz CT molecular complexity index is 858. The van der Waals surface area contributed by atoms with Gasteiger partial charge in [0.2, 0.25) is 0 Å². The summed E-state index contributed by atoms with van der Waals surface area (Å²) in [6.45, 7) is 4.74. The van der Waals surface area contributed by atoms with Crippen molar-refractivity contribution in [2.75, 3.05) is 19.7 Å². The molecule has 1 aliphatic rings. The summed E-state index contributed by atoms with van der Waals surface area (Å²) >= 11 is 0. The van der Waals surface area contributed by atoms with E-state index in [1.807, 2.05) is 13.0 Å². The highest BCUT2D eigenvalue weighted by atomic mass is 19.1. The van der Waals surface area contributed by atoms with Crippen molar-refractivity contribution in [2.24, 2.45) is 7.05 Å². The van der Waals surface area contributed by atoms with Crippen LogP contribution in [0.5, 0.6) is 0 Å². The van der Waals surface area contributed by atoms with Crippen molar-refractivity contribution in [3.05, 3.63) is 68.9 Å². The van der Waals surface area contributed by atoms with Gasteiger partial charge < -0.3 is 14.2 Å². The van der Waals surface area contributed by atoms with Gasteiger partial charge in [-0.1, -0.05) is 12.1 Å². The molecule has 1 amide bonds. The van der Waals surface area contributed by atoms with Gasteiger partial charge in [0.05, 0.1) is 13.2 Å². The number of rotatable bonds is 2. The van der Waals surface area contributed by atoms with Crippen LogP contribution in [0, 0.1) is 19.7 Å². The minimum Gasteiger partial charge on any atom is -0.370 e. The van der Waals surface area contributed by atoms with Gasteiger partial charge in [-0.15, -0.1) is 0 Å². The van der Waals surface area contributed by atoms with Gasteiger partial charge in [0.25, 0.3) is 11.5 Å². The van der Waals surface area contributed by atoms with Gasteiger partial charge in [-0.2, -0.15) is 0 Å². The van der Waals surface area contributed by atoms with Crippen LogP contribution in [0.4, 0.5) is 4.39 Å². The molecule has 0 radical (unpaired) electrons. The van der Waals surface area contributed by atoms with Crippen LogP contribution in [0.2, 0.25) is 0 Å². The maximum Gasteiger partial charge on any atom is 0.263 e. The Morgan fingerprint density at radius 2 is 1.92 bits per heavy atom. The third-order valence-corrected chi connectivity index (χ3v) is 4.68. The topological polar surface area (TPSA) is 51.5 Å². The number of benzene rings is 1. The zero-order valence-electron chi connectivity index (χ0n) is 14.6. The molecule has 1 unspecified atom stereocenters. The van der Waals surface area contributed by atoms with E-state index in [2.05, 4.69) is 0 Å². The molecular weight excluding hydrogens is 323 g/mol. The van der Waals surface area contributed by atoms with Gasteiger partial charge in [-0.3, -0.25) is 9.59 Å². The highest BCUT2D eigenvalue weighted by Gasteiger charge is 2.28. The number of ether oxygens (including phenoxy) is 1. The largest absolute Gasteiger partial charge is 0.370 e. The van der Waals surface area contributed by atoms with Gasteiger partial charge in [0.15, 0.2) is 0 Å². The Balaban J connectivity index is 1.87. The van der Waals surface area contributed by atoms with E-state index in [0.717, 1.165) is 11.3 Å². The van der Waals surface area contributed by atoms with Gasteiger partial charge in [-0.05, 0) is 43.2 Å². The lowest BCUT2D eigenvalue weighted by Crippen LogP contribution is -2.44. The molecule has 25 heavy (non-hydrogen) atoms. The number of nitrogens with zero attached hydrogens (tertiary/aromatic N) is 2. The molecule has 1 aromatic carbocycles. The summed E-state index contributed by atoms with van der Waals surface area (Å²) in [6.07, 6.45) is -0.326. The molecule has 1 atom stereocenters. The van der Waals surface area contributed by atoms with Gasteiger partial charge in [0, 0.05) is 19.3 Å². The van der Waals surface area contributed by atoms with E-state index >= 15 is 0 Å². The third-order valence-electron chi connectivity index (χ3n) is 4.68. The second kappa shape index (κ2) is 6.80. The molecule has 6 heteroatoms. The molecule has 0 spiro atoms. The zero-order valence-corrected chi connectivity index (χ0v) is 14.6. The van der Waals surface area contributed by atoms with Crippen LogP contribution in [0.3, 0.4) is 0 Å². The highest BCUT2D eigenvalue weighted by molar-refractivity contribution is 5.95. The molecule has 0 N–H and O–H groups in total. The molecule has 2 heterocycles. The van der Waals surface area contributed by atoms with Crippen molar-refractivity contribution in [2.45, 2.75) is 20.0 Å². The van der Waals surface area contributed by atoms with Crippen LogP contribution < -0.4 is 5.56 Å². The summed E-state index contributed by atoms with van der Waals surface area (Å²) in [5.74, 6) is -0.597. The first kappa shape index (κ1) is 17.4. The number of carbonyl (C=O) groups is 1. The molecule has 1 fully saturated rings. The highest BCUT2D eigenvalue weighted by Crippen LogP contribution is 2.23. The SMILES string of the molecule is Cc1cc(C)n(C)c(=O)c1C(=O)N1CCOC(c2ccc(F)cc2)C1. The Kier molecular flexibility index (Phi) is 4.72. The average molecular weight is 344 g/mol. The maximum atomic E-state index is 13.1. The second-order valence-electron chi connectivity index (χ2n) is 6.37. The summed E-state index contributed by atoms with van der Waals surface area (Å²) in [6, 6.07) is 7.90. The summed E-state index contributed by atoms with van der Waals surface area (Å²) in [5, 5.41) is 0. The third kappa shape index (κ3) is 3.35. The molecule has 3 rings (SSSR count). The fourth-order valence-corrected chi connectivity index (χ4v) is 3.11. The van der Waals surface area contributed by atoms with Crippen LogP contribution in [0.15, 0.2) is 35.1 Å². The second-order valence-corrected chi connectivity index (χ2v) is 6.37. The van der Waals surface area contributed by atoms with Crippen molar-refractivity contribution < 1.29 is 13.9 Å². The Hall–Kier alpha value is -2.47. The van der Waals surface area contributed by atoms with Crippen molar-refractivity contribution in [1.29, 1.82) is 0 Å². The number of carbonyl (C=O) groups excluding carboxylic acids is 1. The monoisotopic (exact) mass is 344 g/mol. The first-order valence-electron chi connectivity index (χ1n) is 8.22. The van der Waals surface area contributed by atoms with Crippen molar-refractivity contribution in [1.82, 2.24) is 9.47 Å². The van der Waals surface area contributed by atoms with E-state index in [1.165, 1.54) is 16.7 Å². The number of morpholine rings is 1. The van der Waals surface area contributed by atoms with Crippen LogP contribution in [0.1, 0.15) is 33.3 Å². The van der Waals surface area contributed by atoms with Gasteiger partial charge >= 0.3 is 0 Å². The lowest BCUT2D eigenvalue weighted by molar-refractivity contribution is -0.0229. The van der Waals surface area contributed by atoms with E-state index in [4.69, 9.17) is 4.74 Å². The van der Waals surface area contributed by atoms with E-state index in [9.17, 15) is 14.0 Å². The van der Waals surface area contributed by atoms with E-state index in [1.54, 1.807) is 31.0 Å². The first-order valence-corrected chi connectivity index (χ1v) is 8.22. The average Bonchev–Trinajstić information content (AvgIpc) is 2.60. The number of hydrogen-bond acceptors (Lipinski definition) is 3. The molecule has 132 valence electrons. The smallest absolute Gasteiger partial charge is 0.263 e. The molecular formula is C19H21FN2O3. The minimum atomic E-state index is -0.326. The maximum absolute atomic E-state index is 13.1. The number of aryl methyl sites for hydroxylation is 2. The molecule has 1 aliphatic heterocycles. The molecule has 2 aromatic rings. The summed E-state index contributed by atoms with van der Waals surface area (Å²) in [5.41, 5.74) is 2.22. The molecule has 5 nitrogen and oxygen atoms in total. The zero-order chi connectivity index (χ0) is 18.1. The van der Waals surface area contributed by atoms with E-state index < -0.39 is 0 Å². The summed E-state index contributed by atoms with van der Waals surface area (Å²) < 4.78 is 20.3. The Morgan fingerprint density at radius 3 is 2.60 bits per heavy atom. The predicted molar refractivity (Wildman–Crippen MR) is 92.2 cm³/mol. The van der Waals surface area contributed by atoms with E-state index in [0.29, 0.717) is 25.3 Å². The van der Waals surface area contributed by atoms with Crippen molar-refractivity contribution in [3.63, 3.8) is 0 Å². The summed E-state index contributed by atoms with van der Waals surface area (Å²) in [7, 11) is 1.66. The number of hydrogen-bond donors (Lipinski definition) is 0. The number of halogens is 1. The minimum absolute atomic E-state index is 0.202. The van der Waals surface area contributed by atoms with Gasteiger partial charge in [0.1, 0.15) is 17.5 Å². The van der Waals surface area contributed by atoms with Crippen LogP contribution in [0.25, 0.3) is 0 Å². The Morgan fingerprint density at radius 1 is 1.24 bits per heavy atom. The van der Waals surface area contributed by atoms with Crippen LogP contribution in [-0.2, 0) is 11.8 Å². The standard InChI is InChI=1S/C19H21FN2O3/c1-12-10-13(2)21(3)18(23)17(12)19(24)22-8-9-25-16(11-22)14-4-6-15(20)7-5-14/h4-7,10,16H,8-9,11H2,1-3H3.